The van der Waals surface area contributed by atoms with Gasteiger partial charge in [-0.3, -0.25) is 14.2 Å². The molecule has 0 bridgehead atoms. The van der Waals surface area contributed by atoms with Gasteiger partial charge in [0.1, 0.15) is 0 Å². The number of carbonyl (C=O) groups is 2. The van der Waals surface area contributed by atoms with Crippen LogP contribution in [0.1, 0.15) is 29.6 Å². The van der Waals surface area contributed by atoms with Gasteiger partial charge in [0.15, 0.2) is 0 Å². The van der Waals surface area contributed by atoms with Gasteiger partial charge in [-0.2, -0.15) is 0 Å². The van der Waals surface area contributed by atoms with E-state index in [0.29, 0.717) is 35.9 Å². The van der Waals surface area contributed by atoms with Crippen LogP contribution in [0.2, 0.25) is 0 Å². The van der Waals surface area contributed by atoms with Crippen LogP contribution in [-0.2, 0) is 11.8 Å². The van der Waals surface area contributed by atoms with E-state index < -0.39 is 5.97 Å². The van der Waals surface area contributed by atoms with Gasteiger partial charge in [0.05, 0.1) is 17.0 Å². The summed E-state index contributed by atoms with van der Waals surface area (Å²) in [4.78, 5) is 37.5. The number of imidazole rings is 1. The van der Waals surface area contributed by atoms with Crippen LogP contribution in [-0.4, -0.2) is 32.6 Å². The molecule has 1 amide bonds. The number of nitrogens with zero attached hydrogens (tertiary/aromatic N) is 1. The van der Waals surface area contributed by atoms with Crippen molar-refractivity contribution in [1.82, 2.24) is 14.9 Å². The number of carboxylic acid groups (broad SMARTS) is 1. The van der Waals surface area contributed by atoms with E-state index >= 15 is 0 Å². The van der Waals surface area contributed by atoms with Gasteiger partial charge in [0.2, 0.25) is 0 Å². The Balaban J connectivity index is 1.77. The lowest BCUT2D eigenvalue weighted by atomic mass is 10.1. The molecule has 1 aliphatic carbocycles. The minimum Gasteiger partial charge on any atom is -0.481 e. The van der Waals surface area contributed by atoms with Crippen LogP contribution in [0.5, 0.6) is 0 Å². The normalized spacial score (nSPS) is 21.1. The Labute approximate surface area is 125 Å². The number of carboxylic acids is 1. The molecule has 1 aromatic carbocycles. The quantitative estimate of drug-likeness (QED) is 0.782. The maximum Gasteiger partial charge on any atom is 0.326 e. The van der Waals surface area contributed by atoms with Crippen molar-refractivity contribution in [3.05, 3.63) is 34.2 Å². The number of carbonyl (C=O) groups excluding carboxylic acids is 1. The molecule has 22 heavy (non-hydrogen) atoms. The molecule has 3 rings (SSSR count). The number of fused-ring (bicyclic) bond motifs is 1. The third kappa shape index (κ3) is 2.49. The molecule has 2 atom stereocenters. The number of aromatic amines is 1. The summed E-state index contributed by atoms with van der Waals surface area (Å²) < 4.78 is 1.45. The van der Waals surface area contributed by atoms with E-state index in [4.69, 9.17) is 5.11 Å². The molecule has 1 fully saturated rings. The third-order valence-electron chi connectivity index (χ3n) is 4.28. The van der Waals surface area contributed by atoms with Gasteiger partial charge in [-0.1, -0.05) is 0 Å². The number of amides is 1. The summed E-state index contributed by atoms with van der Waals surface area (Å²) in [5, 5.41) is 11.9. The number of aryl methyl sites for hydroxylation is 1. The smallest absolute Gasteiger partial charge is 0.326 e. The second-order valence-electron chi connectivity index (χ2n) is 5.74. The highest BCUT2D eigenvalue weighted by Crippen LogP contribution is 2.26. The summed E-state index contributed by atoms with van der Waals surface area (Å²) in [6, 6.07) is 4.89. The number of H-pyrrole nitrogens is 1. The van der Waals surface area contributed by atoms with Gasteiger partial charge in [0.25, 0.3) is 5.91 Å². The number of benzene rings is 1. The van der Waals surface area contributed by atoms with Crippen LogP contribution in [0, 0.1) is 5.92 Å². The number of nitrogens with one attached hydrogen (secondary N) is 2. The van der Waals surface area contributed by atoms with Crippen LogP contribution < -0.4 is 11.0 Å². The zero-order valence-corrected chi connectivity index (χ0v) is 12.1. The molecule has 7 heteroatoms. The molecule has 1 aliphatic rings. The van der Waals surface area contributed by atoms with E-state index in [0.717, 1.165) is 0 Å². The Morgan fingerprint density at radius 3 is 2.82 bits per heavy atom. The Bertz CT molecular complexity index is 805. The highest BCUT2D eigenvalue weighted by molar-refractivity contribution is 5.97. The largest absolute Gasteiger partial charge is 0.481 e. The molecule has 0 spiro atoms. The highest BCUT2D eigenvalue weighted by atomic mass is 16.4. The molecule has 3 N–H and O–H groups in total. The zero-order chi connectivity index (χ0) is 15.9. The fourth-order valence-electron chi connectivity index (χ4n) is 2.97. The standard InChI is InChI=1S/C15H17N3O4/c1-18-12-7-8(3-5-11(12)17-15(18)22)13(19)16-10-4-2-9(6-10)14(20)21/h3,5,7,9-10H,2,4,6H2,1H3,(H,16,19)(H,17,22)(H,20,21)/t9-,10+/m1/s1. The van der Waals surface area contributed by atoms with Crippen LogP contribution in [0.3, 0.4) is 0 Å². The highest BCUT2D eigenvalue weighted by Gasteiger charge is 2.30. The van der Waals surface area contributed by atoms with E-state index in [1.165, 1.54) is 4.57 Å². The molecule has 1 heterocycles. The fraction of sp³-hybridized carbons (Fsp3) is 0.400. The molecular weight excluding hydrogens is 286 g/mol. The van der Waals surface area contributed by atoms with Crippen molar-refractivity contribution >= 4 is 22.9 Å². The predicted octanol–water partition coefficient (Wildman–Crippen LogP) is 0.850. The van der Waals surface area contributed by atoms with Crippen molar-refractivity contribution in [2.24, 2.45) is 13.0 Å². The maximum atomic E-state index is 12.3. The molecule has 2 aromatic rings. The van der Waals surface area contributed by atoms with Crippen molar-refractivity contribution in [1.29, 1.82) is 0 Å². The first kappa shape index (κ1) is 14.4. The molecule has 0 aliphatic heterocycles. The lowest BCUT2D eigenvalue weighted by Crippen LogP contribution is -2.33. The van der Waals surface area contributed by atoms with E-state index in [1.54, 1.807) is 25.2 Å². The van der Waals surface area contributed by atoms with E-state index in [9.17, 15) is 14.4 Å². The fourth-order valence-corrected chi connectivity index (χ4v) is 2.97. The second-order valence-corrected chi connectivity index (χ2v) is 5.74. The molecule has 1 saturated carbocycles. The lowest BCUT2D eigenvalue weighted by molar-refractivity contribution is -0.141. The topological polar surface area (TPSA) is 104 Å². The predicted molar refractivity (Wildman–Crippen MR) is 79.8 cm³/mol. The van der Waals surface area contributed by atoms with Crippen LogP contribution in [0.15, 0.2) is 23.0 Å². The summed E-state index contributed by atoms with van der Waals surface area (Å²) in [5.41, 5.74) is 1.57. The molecule has 0 saturated heterocycles. The Morgan fingerprint density at radius 2 is 2.14 bits per heavy atom. The van der Waals surface area contributed by atoms with Crippen molar-refractivity contribution in [3.63, 3.8) is 0 Å². The average molecular weight is 303 g/mol. The molecule has 116 valence electrons. The van der Waals surface area contributed by atoms with Gasteiger partial charge >= 0.3 is 11.7 Å². The summed E-state index contributed by atoms with van der Waals surface area (Å²) in [5.74, 6) is -1.43. The van der Waals surface area contributed by atoms with Gasteiger partial charge in [-0.05, 0) is 37.5 Å². The van der Waals surface area contributed by atoms with Gasteiger partial charge < -0.3 is 15.4 Å². The first-order valence-electron chi connectivity index (χ1n) is 7.18. The zero-order valence-electron chi connectivity index (χ0n) is 12.1. The Kier molecular flexibility index (Phi) is 3.48. The molecule has 0 unspecified atom stereocenters. The molecular formula is C15H17N3O4. The third-order valence-corrected chi connectivity index (χ3v) is 4.28. The average Bonchev–Trinajstić information content (AvgIpc) is 3.05. The number of hydrogen-bond donors (Lipinski definition) is 3. The number of hydrogen-bond acceptors (Lipinski definition) is 3. The molecule has 7 nitrogen and oxygen atoms in total. The number of aliphatic carboxylic acids is 1. The van der Waals surface area contributed by atoms with Crippen LogP contribution in [0.25, 0.3) is 11.0 Å². The number of aromatic nitrogens is 2. The molecule has 1 aromatic heterocycles. The van der Waals surface area contributed by atoms with Crippen molar-refractivity contribution in [3.8, 4) is 0 Å². The first-order valence-corrected chi connectivity index (χ1v) is 7.18. The van der Waals surface area contributed by atoms with Crippen molar-refractivity contribution in [2.75, 3.05) is 0 Å². The SMILES string of the molecule is Cn1c(=O)[nH]c2ccc(C(=O)N[C@H]3CC[C@@H](C(=O)O)C3)cc21. The second kappa shape index (κ2) is 5.32. The Hall–Kier alpha value is -2.57. The van der Waals surface area contributed by atoms with E-state index in [1.807, 2.05) is 0 Å². The summed E-state index contributed by atoms with van der Waals surface area (Å²) in [6.07, 6.45) is 1.73. The van der Waals surface area contributed by atoms with E-state index in [-0.39, 0.29) is 23.6 Å². The summed E-state index contributed by atoms with van der Waals surface area (Å²) in [7, 11) is 1.64. The maximum absolute atomic E-state index is 12.3. The lowest BCUT2D eigenvalue weighted by Gasteiger charge is -2.12. The van der Waals surface area contributed by atoms with Gasteiger partial charge in [0, 0.05) is 18.7 Å². The first-order chi connectivity index (χ1) is 10.5. The Morgan fingerprint density at radius 1 is 1.36 bits per heavy atom. The van der Waals surface area contributed by atoms with Crippen molar-refractivity contribution in [2.45, 2.75) is 25.3 Å². The van der Waals surface area contributed by atoms with Gasteiger partial charge in [-0.25, -0.2) is 4.79 Å². The van der Waals surface area contributed by atoms with Crippen LogP contribution in [0.4, 0.5) is 0 Å². The van der Waals surface area contributed by atoms with Gasteiger partial charge in [-0.15, -0.1) is 0 Å². The minimum atomic E-state index is -0.805. The summed E-state index contributed by atoms with van der Waals surface area (Å²) >= 11 is 0. The van der Waals surface area contributed by atoms with Crippen molar-refractivity contribution < 1.29 is 14.7 Å². The van der Waals surface area contributed by atoms with Crippen LogP contribution >= 0.6 is 0 Å². The molecule has 0 radical (unpaired) electrons. The monoisotopic (exact) mass is 303 g/mol. The summed E-state index contributed by atoms with van der Waals surface area (Å²) in [6.45, 7) is 0. The van der Waals surface area contributed by atoms with E-state index in [2.05, 4.69) is 10.3 Å². The number of rotatable bonds is 3. The minimum absolute atomic E-state index is 0.112.